The highest BCUT2D eigenvalue weighted by Gasteiger charge is 2.15. The third kappa shape index (κ3) is 1.76. The smallest absolute Gasteiger partial charge is 0.338 e. The number of hydrogen-bond donors (Lipinski definition) is 0. The van der Waals surface area contributed by atoms with E-state index in [-0.39, 0.29) is 12.2 Å². The Morgan fingerprint density at radius 2 is 2.31 bits per heavy atom. The van der Waals surface area contributed by atoms with Crippen molar-refractivity contribution >= 4 is 16.9 Å². The van der Waals surface area contributed by atoms with Crippen LogP contribution in [0.5, 0.6) is 0 Å². The van der Waals surface area contributed by atoms with Crippen LogP contribution in [0.4, 0.5) is 4.39 Å². The first-order valence-corrected chi connectivity index (χ1v) is 4.92. The Hall–Kier alpha value is -1.91. The molecule has 0 spiro atoms. The number of hydrogen-bond acceptors (Lipinski definition) is 3. The third-order valence-corrected chi connectivity index (χ3v) is 2.20. The van der Waals surface area contributed by atoms with Gasteiger partial charge in [-0.3, -0.25) is 4.68 Å². The molecule has 0 aliphatic carbocycles. The van der Waals surface area contributed by atoms with Gasteiger partial charge in [0.2, 0.25) is 0 Å². The van der Waals surface area contributed by atoms with Gasteiger partial charge >= 0.3 is 5.97 Å². The minimum Gasteiger partial charge on any atom is -0.462 e. The van der Waals surface area contributed by atoms with Gasteiger partial charge in [-0.1, -0.05) is 0 Å². The average Bonchev–Trinajstić information content (AvgIpc) is 2.57. The number of ether oxygens (including phenoxy) is 1. The maximum Gasteiger partial charge on any atom is 0.338 e. The lowest BCUT2D eigenvalue weighted by Gasteiger charge is -2.02. The Morgan fingerprint density at radius 1 is 1.56 bits per heavy atom. The average molecular weight is 222 g/mol. The Kier molecular flexibility index (Phi) is 2.60. The SMILES string of the molecule is CCOC(=O)c1cc(F)cc2nn(C)cc12. The second-order valence-corrected chi connectivity index (χ2v) is 3.41. The van der Waals surface area contributed by atoms with Crippen LogP contribution in [0, 0.1) is 5.82 Å². The summed E-state index contributed by atoms with van der Waals surface area (Å²) >= 11 is 0. The van der Waals surface area contributed by atoms with Crippen LogP contribution in [0.25, 0.3) is 10.9 Å². The van der Waals surface area contributed by atoms with Crippen LogP contribution in [0.3, 0.4) is 0 Å². The number of esters is 1. The Balaban J connectivity index is 2.62. The van der Waals surface area contributed by atoms with Crippen LogP contribution in [-0.2, 0) is 11.8 Å². The van der Waals surface area contributed by atoms with Crippen molar-refractivity contribution in [3.63, 3.8) is 0 Å². The topological polar surface area (TPSA) is 44.1 Å². The van der Waals surface area contributed by atoms with E-state index in [9.17, 15) is 9.18 Å². The van der Waals surface area contributed by atoms with Gasteiger partial charge in [-0.2, -0.15) is 5.10 Å². The quantitative estimate of drug-likeness (QED) is 0.729. The molecule has 0 fully saturated rings. The van der Waals surface area contributed by atoms with E-state index in [0.717, 1.165) is 0 Å². The van der Waals surface area contributed by atoms with Gasteiger partial charge in [-0.05, 0) is 13.0 Å². The van der Waals surface area contributed by atoms with Crippen molar-refractivity contribution in [2.45, 2.75) is 6.92 Å². The highest BCUT2D eigenvalue weighted by atomic mass is 19.1. The third-order valence-electron chi connectivity index (χ3n) is 2.20. The van der Waals surface area contributed by atoms with Gasteiger partial charge in [0.1, 0.15) is 5.82 Å². The number of halogens is 1. The fourth-order valence-corrected chi connectivity index (χ4v) is 1.59. The summed E-state index contributed by atoms with van der Waals surface area (Å²) in [7, 11) is 1.72. The molecule has 2 rings (SSSR count). The standard InChI is InChI=1S/C11H11FN2O2/c1-3-16-11(15)8-4-7(12)5-10-9(8)6-14(2)13-10/h4-6H,3H2,1-2H3. The molecular weight excluding hydrogens is 211 g/mol. The molecule has 2 aromatic rings. The molecule has 0 aliphatic rings. The van der Waals surface area contributed by atoms with E-state index in [1.54, 1.807) is 20.2 Å². The van der Waals surface area contributed by atoms with Gasteiger partial charge in [-0.25, -0.2) is 9.18 Å². The number of nitrogens with zero attached hydrogens (tertiary/aromatic N) is 2. The molecule has 1 heterocycles. The summed E-state index contributed by atoms with van der Waals surface area (Å²) in [6, 6.07) is 2.46. The molecule has 0 saturated carbocycles. The first-order chi connectivity index (χ1) is 7.61. The molecule has 0 radical (unpaired) electrons. The van der Waals surface area contributed by atoms with Crippen molar-refractivity contribution in [1.29, 1.82) is 0 Å². The van der Waals surface area contributed by atoms with Crippen molar-refractivity contribution in [3.05, 3.63) is 29.7 Å². The monoisotopic (exact) mass is 222 g/mol. The number of benzene rings is 1. The fourth-order valence-electron chi connectivity index (χ4n) is 1.59. The second-order valence-electron chi connectivity index (χ2n) is 3.41. The van der Waals surface area contributed by atoms with Gasteiger partial charge in [0, 0.05) is 24.7 Å². The van der Waals surface area contributed by atoms with Crippen LogP contribution in [0.1, 0.15) is 17.3 Å². The van der Waals surface area contributed by atoms with Crippen LogP contribution >= 0.6 is 0 Å². The van der Waals surface area contributed by atoms with Crippen LogP contribution in [-0.4, -0.2) is 22.4 Å². The molecule has 0 unspecified atom stereocenters. The van der Waals surface area contributed by atoms with Crippen LogP contribution in [0.2, 0.25) is 0 Å². The lowest BCUT2D eigenvalue weighted by atomic mass is 10.1. The highest BCUT2D eigenvalue weighted by molar-refractivity contribution is 6.03. The zero-order valence-electron chi connectivity index (χ0n) is 9.03. The number of aryl methyl sites for hydroxylation is 1. The summed E-state index contributed by atoms with van der Waals surface area (Å²) in [5.41, 5.74) is 0.663. The Morgan fingerprint density at radius 3 is 3.00 bits per heavy atom. The highest BCUT2D eigenvalue weighted by Crippen LogP contribution is 2.20. The van der Waals surface area contributed by atoms with E-state index < -0.39 is 11.8 Å². The Bertz CT molecular complexity index is 548. The number of aromatic nitrogens is 2. The molecule has 84 valence electrons. The zero-order chi connectivity index (χ0) is 11.7. The van der Waals surface area contributed by atoms with E-state index >= 15 is 0 Å². The van der Waals surface area contributed by atoms with Gasteiger partial charge in [-0.15, -0.1) is 0 Å². The lowest BCUT2D eigenvalue weighted by molar-refractivity contribution is 0.0528. The molecule has 0 amide bonds. The molecule has 0 N–H and O–H groups in total. The molecule has 0 bridgehead atoms. The summed E-state index contributed by atoms with van der Waals surface area (Å²) in [6.07, 6.45) is 1.67. The molecule has 0 saturated heterocycles. The molecule has 16 heavy (non-hydrogen) atoms. The second kappa shape index (κ2) is 3.92. The first kappa shape index (κ1) is 10.6. The predicted octanol–water partition coefficient (Wildman–Crippen LogP) is 1.89. The van der Waals surface area contributed by atoms with Gasteiger partial charge < -0.3 is 4.74 Å². The van der Waals surface area contributed by atoms with Crippen LogP contribution in [0.15, 0.2) is 18.3 Å². The maximum atomic E-state index is 13.2. The molecular formula is C11H11FN2O2. The number of rotatable bonds is 2. The van der Waals surface area contributed by atoms with Gasteiger partial charge in [0.15, 0.2) is 0 Å². The van der Waals surface area contributed by atoms with Crippen molar-refractivity contribution < 1.29 is 13.9 Å². The predicted molar refractivity (Wildman–Crippen MR) is 56.6 cm³/mol. The van der Waals surface area contributed by atoms with Crippen molar-refractivity contribution in [3.8, 4) is 0 Å². The van der Waals surface area contributed by atoms with Crippen molar-refractivity contribution in [2.24, 2.45) is 7.05 Å². The molecule has 0 aliphatic heterocycles. The van der Waals surface area contributed by atoms with Gasteiger partial charge in [0.05, 0.1) is 17.7 Å². The summed E-state index contributed by atoms with van der Waals surface area (Å²) in [5, 5.41) is 4.65. The normalized spacial score (nSPS) is 10.7. The zero-order valence-corrected chi connectivity index (χ0v) is 9.03. The summed E-state index contributed by atoms with van der Waals surface area (Å²) < 4.78 is 19.6. The minimum absolute atomic E-state index is 0.213. The molecule has 0 atom stereocenters. The van der Waals surface area contributed by atoms with E-state index in [0.29, 0.717) is 10.9 Å². The first-order valence-electron chi connectivity index (χ1n) is 4.92. The fraction of sp³-hybridized carbons (Fsp3) is 0.273. The number of carbonyl (C=O) groups excluding carboxylic acids is 1. The largest absolute Gasteiger partial charge is 0.462 e. The molecule has 1 aromatic heterocycles. The number of carbonyl (C=O) groups is 1. The number of fused-ring (bicyclic) bond motifs is 1. The summed E-state index contributed by atoms with van der Waals surface area (Å²) in [6.45, 7) is 1.97. The summed E-state index contributed by atoms with van der Waals surface area (Å²) in [5.74, 6) is -1.02. The summed E-state index contributed by atoms with van der Waals surface area (Å²) in [4.78, 5) is 11.6. The molecule has 4 nitrogen and oxygen atoms in total. The van der Waals surface area contributed by atoms with Crippen molar-refractivity contribution in [2.75, 3.05) is 6.61 Å². The van der Waals surface area contributed by atoms with E-state index in [1.165, 1.54) is 16.8 Å². The van der Waals surface area contributed by atoms with Gasteiger partial charge in [0.25, 0.3) is 0 Å². The van der Waals surface area contributed by atoms with Crippen molar-refractivity contribution in [1.82, 2.24) is 9.78 Å². The molecule has 5 heteroatoms. The van der Waals surface area contributed by atoms with Crippen LogP contribution < -0.4 is 0 Å². The molecule has 1 aromatic carbocycles. The van der Waals surface area contributed by atoms with E-state index in [2.05, 4.69) is 5.10 Å². The van der Waals surface area contributed by atoms with E-state index in [4.69, 9.17) is 4.74 Å². The maximum absolute atomic E-state index is 13.2. The minimum atomic E-state index is -0.528. The lowest BCUT2D eigenvalue weighted by Crippen LogP contribution is -2.05. The van der Waals surface area contributed by atoms with E-state index in [1.807, 2.05) is 0 Å². The Labute approximate surface area is 91.6 Å².